The number of halogens is 1. The van der Waals surface area contributed by atoms with Gasteiger partial charge in [-0.15, -0.1) is 0 Å². The number of carbonyl (C=O) groups excluding carboxylic acids is 1. The molecule has 0 bridgehead atoms. The molecule has 0 spiro atoms. The normalized spacial score (nSPS) is 11.9. The molecule has 0 aliphatic carbocycles. The molecule has 2 N–H and O–H groups in total. The smallest absolute Gasteiger partial charge is 0.305 e. The third kappa shape index (κ3) is 4.11. The lowest BCUT2D eigenvalue weighted by Crippen LogP contribution is -2.37. The molecule has 2 aromatic rings. The van der Waals surface area contributed by atoms with Gasteiger partial charge >= 0.3 is 5.97 Å². The summed E-state index contributed by atoms with van der Waals surface area (Å²) in [5.41, 5.74) is 0. The molecule has 6 heteroatoms. The third-order valence-electron chi connectivity index (χ3n) is 3.08. The van der Waals surface area contributed by atoms with Crippen molar-refractivity contribution in [2.75, 3.05) is 6.61 Å². The van der Waals surface area contributed by atoms with Crippen molar-refractivity contribution < 1.29 is 19.4 Å². The minimum atomic E-state index is -0.961. The first-order chi connectivity index (χ1) is 10.5. The number of fused-ring (bicyclic) bond motifs is 1. The summed E-state index contributed by atoms with van der Waals surface area (Å²) in [4.78, 5) is 22.3. The van der Waals surface area contributed by atoms with Crippen LogP contribution in [0, 0.1) is 0 Å². The largest absolute Gasteiger partial charge is 0.483 e. The van der Waals surface area contributed by atoms with E-state index in [-0.39, 0.29) is 18.9 Å². The number of aliphatic carboxylic acids is 1. The molecule has 1 atom stereocenters. The van der Waals surface area contributed by atoms with Crippen molar-refractivity contribution in [3.8, 4) is 5.75 Å². The van der Waals surface area contributed by atoms with Crippen molar-refractivity contribution in [3.63, 3.8) is 0 Å². The van der Waals surface area contributed by atoms with Crippen LogP contribution in [0.3, 0.4) is 0 Å². The van der Waals surface area contributed by atoms with E-state index in [1.807, 2.05) is 24.3 Å². The summed E-state index contributed by atoms with van der Waals surface area (Å²) >= 11 is 6.12. The van der Waals surface area contributed by atoms with E-state index in [1.54, 1.807) is 19.1 Å². The predicted octanol–water partition coefficient (Wildman–Crippen LogP) is 2.85. The van der Waals surface area contributed by atoms with Gasteiger partial charge in [-0.2, -0.15) is 0 Å². The van der Waals surface area contributed by atoms with Crippen molar-refractivity contribution in [1.82, 2.24) is 5.32 Å². The van der Waals surface area contributed by atoms with Gasteiger partial charge in [0, 0.05) is 21.8 Å². The molecular weight excluding hydrogens is 306 g/mol. The van der Waals surface area contributed by atoms with Crippen molar-refractivity contribution in [2.24, 2.45) is 0 Å². The molecule has 5 nitrogen and oxygen atoms in total. The van der Waals surface area contributed by atoms with E-state index in [2.05, 4.69) is 5.32 Å². The Morgan fingerprint density at radius 3 is 2.59 bits per heavy atom. The molecule has 0 heterocycles. The second-order valence-corrected chi connectivity index (χ2v) is 5.35. The minimum absolute atomic E-state index is 0.129. The van der Waals surface area contributed by atoms with Crippen molar-refractivity contribution in [3.05, 3.63) is 41.4 Å². The fourth-order valence-corrected chi connectivity index (χ4v) is 2.36. The lowest BCUT2D eigenvalue weighted by molar-refractivity contribution is -0.137. The quantitative estimate of drug-likeness (QED) is 0.858. The van der Waals surface area contributed by atoms with Gasteiger partial charge in [-0.3, -0.25) is 9.59 Å². The first kappa shape index (κ1) is 16.1. The standard InChI is InChI=1S/C16H16ClNO4/c1-10(8-16(20)21)18-15(19)9-22-14-7-6-13(17)11-4-2-3-5-12(11)14/h2-7,10H,8-9H2,1H3,(H,18,19)(H,20,21). The second kappa shape index (κ2) is 7.13. The van der Waals surface area contributed by atoms with E-state index < -0.39 is 12.0 Å². The van der Waals surface area contributed by atoms with Gasteiger partial charge in [-0.25, -0.2) is 0 Å². The molecule has 2 aromatic carbocycles. The van der Waals surface area contributed by atoms with Gasteiger partial charge in [0.15, 0.2) is 6.61 Å². The van der Waals surface area contributed by atoms with Crippen LogP contribution in [0.2, 0.25) is 5.02 Å². The number of nitrogens with one attached hydrogen (secondary N) is 1. The molecular formula is C16H16ClNO4. The Bertz CT molecular complexity index is 702. The van der Waals surface area contributed by atoms with Crippen LogP contribution in [-0.4, -0.2) is 29.6 Å². The van der Waals surface area contributed by atoms with Crippen LogP contribution >= 0.6 is 11.6 Å². The SMILES string of the molecule is CC(CC(=O)O)NC(=O)COc1ccc(Cl)c2ccccc12. The van der Waals surface area contributed by atoms with Crippen LogP contribution in [0.15, 0.2) is 36.4 Å². The number of rotatable bonds is 6. The number of carbonyl (C=O) groups is 2. The zero-order valence-electron chi connectivity index (χ0n) is 12.0. The van der Waals surface area contributed by atoms with Crippen LogP contribution in [0.4, 0.5) is 0 Å². The number of ether oxygens (including phenoxy) is 1. The summed E-state index contributed by atoms with van der Waals surface area (Å²) in [7, 11) is 0. The van der Waals surface area contributed by atoms with Crippen LogP contribution in [0.25, 0.3) is 10.8 Å². The first-order valence-electron chi connectivity index (χ1n) is 6.78. The van der Waals surface area contributed by atoms with Crippen molar-refractivity contribution >= 4 is 34.2 Å². The molecule has 22 heavy (non-hydrogen) atoms. The zero-order valence-corrected chi connectivity index (χ0v) is 12.8. The maximum absolute atomic E-state index is 11.8. The maximum Gasteiger partial charge on any atom is 0.305 e. The highest BCUT2D eigenvalue weighted by Crippen LogP contribution is 2.31. The summed E-state index contributed by atoms with van der Waals surface area (Å²) in [6, 6.07) is 10.4. The molecule has 0 aliphatic rings. The summed E-state index contributed by atoms with van der Waals surface area (Å²) in [5.74, 6) is -0.772. The van der Waals surface area contributed by atoms with Gasteiger partial charge in [0.05, 0.1) is 6.42 Å². The number of benzene rings is 2. The van der Waals surface area contributed by atoms with E-state index >= 15 is 0 Å². The molecule has 1 unspecified atom stereocenters. The highest BCUT2D eigenvalue weighted by molar-refractivity contribution is 6.35. The third-order valence-corrected chi connectivity index (χ3v) is 3.41. The van der Waals surface area contributed by atoms with Crippen LogP contribution in [-0.2, 0) is 9.59 Å². The number of hydrogen-bond acceptors (Lipinski definition) is 3. The Labute approximate surface area is 132 Å². The Balaban J connectivity index is 2.02. The molecule has 0 saturated heterocycles. The monoisotopic (exact) mass is 321 g/mol. The molecule has 0 aliphatic heterocycles. The Morgan fingerprint density at radius 1 is 1.23 bits per heavy atom. The van der Waals surface area contributed by atoms with Gasteiger partial charge < -0.3 is 15.2 Å². The summed E-state index contributed by atoms with van der Waals surface area (Å²) < 4.78 is 5.52. The molecule has 0 fully saturated rings. The number of carboxylic acid groups (broad SMARTS) is 1. The molecule has 0 aromatic heterocycles. The van der Waals surface area contributed by atoms with Gasteiger partial charge in [0.2, 0.25) is 0 Å². The molecule has 116 valence electrons. The van der Waals surface area contributed by atoms with E-state index in [9.17, 15) is 9.59 Å². The predicted molar refractivity (Wildman–Crippen MR) is 84.3 cm³/mol. The molecule has 1 amide bonds. The van der Waals surface area contributed by atoms with E-state index in [0.29, 0.717) is 10.8 Å². The number of amides is 1. The minimum Gasteiger partial charge on any atom is -0.483 e. The summed E-state index contributed by atoms with van der Waals surface area (Å²) in [6.45, 7) is 1.44. The Morgan fingerprint density at radius 2 is 1.91 bits per heavy atom. The van der Waals surface area contributed by atoms with Gasteiger partial charge in [0.25, 0.3) is 5.91 Å². The Kier molecular flexibility index (Phi) is 5.22. The number of hydrogen-bond donors (Lipinski definition) is 2. The Hall–Kier alpha value is -2.27. The van der Waals surface area contributed by atoms with Crippen LogP contribution in [0.5, 0.6) is 5.75 Å². The lowest BCUT2D eigenvalue weighted by atomic mass is 10.1. The number of carboxylic acids is 1. The van der Waals surface area contributed by atoms with Crippen molar-refractivity contribution in [2.45, 2.75) is 19.4 Å². The topological polar surface area (TPSA) is 75.6 Å². The van der Waals surface area contributed by atoms with E-state index in [1.165, 1.54) is 0 Å². The van der Waals surface area contributed by atoms with Crippen LogP contribution in [0.1, 0.15) is 13.3 Å². The van der Waals surface area contributed by atoms with Gasteiger partial charge in [-0.1, -0.05) is 35.9 Å². The maximum atomic E-state index is 11.8. The fourth-order valence-electron chi connectivity index (χ4n) is 2.13. The van der Waals surface area contributed by atoms with E-state index in [0.717, 1.165) is 10.8 Å². The van der Waals surface area contributed by atoms with Gasteiger partial charge in [-0.05, 0) is 19.1 Å². The first-order valence-corrected chi connectivity index (χ1v) is 7.16. The summed E-state index contributed by atoms with van der Waals surface area (Å²) in [5, 5.41) is 13.5. The average molecular weight is 322 g/mol. The van der Waals surface area contributed by atoms with Gasteiger partial charge in [0.1, 0.15) is 5.75 Å². The fraction of sp³-hybridized carbons (Fsp3) is 0.250. The van der Waals surface area contributed by atoms with E-state index in [4.69, 9.17) is 21.4 Å². The summed E-state index contributed by atoms with van der Waals surface area (Å²) in [6.07, 6.45) is -0.129. The lowest BCUT2D eigenvalue weighted by Gasteiger charge is -2.13. The average Bonchev–Trinajstić information content (AvgIpc) is 2.46. The second-order valence-electron chi connectivity index (χ2n) is 4.95. The van der Waals surface area contributed by atoms with Crippen LogP contribution < -0.4 is 10.1 Å². The molecule has 0 radical (unpaired) electrons. The molecule has 0 saturated carbocycles. The van der Waals surface area contributed by atoms with Crippen molar-refractivity contribution in [1.29, 1.82) is 0 Å². The molecule has 2 rings (SSSR count). The highest BCUT2D eigenvalue weighted by Gasteiger charge is 2.12. The zero-order chi connectivity index (χ0) is 16.1. The highest BCUT2D eigenvalue weighted by atomic mass is 35.5.